The van der Waals surface area contributed by atoms with Crippen LogP contribution in [0.4, 0.5) is 0 Å². The zero-order valence-corrected chi connectivity index (χ0v) is 11.8. The molecule has 96 valence electrons. The van der Waals surface area contributed by atoms with Crippen molar-refractivity contribution in [1.82, 2.24) is 0 Å². The smallest absolute Gasteiger partial charge is 0.322 e. The van der Waals surface area contributed by atoms with E-state index >= 15 is 0 Å². The second-order valence-corrected chi connectivity index (χ2v) is 3.69. The van der Waals surface area contributed by atoms with Crippen molar-refractivity contribution in [2.75, 3.05) is 12.6 Å². The van der Waals surface area contributed by atoms with Crippen LogP contribution in [0.25, 0.3) is 0 Å². The molecule has 0 saturated heterocycles. The third-order valence-electron chi connectivity index (χ3n) is 2.08. The number of hydrogen-bond acceptors (Lipinski definition) is 4. The largest absolute Gasteiger partial charge is 0.482 e. The Bertz CT molecular complexity index is 362. The van der Waals surface area contributed by atoms with Gasteiger partial charge in [0.15, 0.2) is 0 Å². The van der Waals surface area contributed by atoms with E-state index in [0.717, 1.165) is 11.3 Å². The van der Waals surface area contributed by atoms with E-state index in [-0.39, 0.29) is 12.4 Å². The summed E-state index contributed by atoms with van der Waals surface area (Å²) in [5.74, 6) is 0.332. The van der Waals surface area contributed by atoms with Crippen LogP contribution < -0.4 is 10.5 Å². The molecule has 1 atom stereocenters. The van der Waals surface area contributed by atoms with Crippen LogP contribution in [-0.4, -0.2) is 24.6 Å². The summed E-state index contributed by atoms with van der Waals surface area (Å²) in [5, 5.41) is 0. The fourth-order valence-corrected chi connectivity index (χ4v) is 1.58. The molecule has 1 rings (SSSR count). The second kappa shape index (κ2) is 8.33. The van der Waals surface area contributed by atoms with Crippen molar-refractivity contribution in [2.45, 2.75) is 12.5 Å². The number of esters is 1. The number of halogens is 2. The number of ether oxygens (including phenoxy) is 2. The van der Waals surface area contributed by atoms with Gasteiger partial charge in [0.1, 0.15) is 17.3 Å². The first-order valence-corrected chi connectivity index (χ1v) is 5.90. The number of rotatable bonds is 5. The predicted molar refractivity (Wildman–Crippen MR) is 71.8 cm³/mol. The minimum Gasteiger partial charge on any atom is -0.482 e. The molecule has 1 aromatic rings. The van der Waals surface area contributed by atoms with Crippen molar-refractivity contribution < 1.29 is 14.3 Å². The summed E-state index contributed by atoms with van der Waals surface area (Å²) in [5.41, 5.74) is 7.03. The summed E-state index contributed by atoms with van der Waals surface area (Å²) in [4.78, 5) is 11.1. The first-order chi connectivity index (χ1) is 7.67. The third kappa shape index (κ3) is 5.39. The Morgan fingerprint density at radius 1 is 1.53 bits per heavy atom. The van der Waals surface area contributed by atoms with E-state index in [1.54, 1.807) is 0 Å². The molecule has 0 heterocycles. The van der Waals surface area contributed by atoms with Gasteiger partial charge in [-0.2, -0.15) is 0 Å². The number of methoxy groups -OCH3 is 1. The summed E-state index contributed by atoms with van der Waals surface area (Å²) < 4.78 is 9.83. The van der Waals surface area contributed by atoms with E-state index in [4.69, 9.17) is 10.5 Å². The van der Waals surface area contributed by atoms with Gasteiger partial charge in [-0.1, -0.05) is 12.1 Å². The molecule has 0 saturated carbocycles. The molecule has 0 aliphatic carbocycles. The lowest BCUT2D eigenvalue weighted by atomic mass is 10.1. The average Bonchev–Trinajstić information content (AvgIpc) is 2.29. The number of carbonyl (C=O) groups excluding carboxylic acids is 1. The van der Waals surface area contributed by atoms with Crippen LogP contribution in [0.3, 0.4) is 0 Å². The second-order valence-electron chi connectivity index (χ2n) is 3.23. The summed E-state index contributed by atoms with van der Waals surface area (Å²) in [6.07, 6.45) is 0.437. The van der Waals surface area contributed by atoms with Crippen molar-refractivity contribution in [3.63, 3.8) is 0 Å². The van der Waals surface area contributed by atoms with E-state index in [9.17, 15) is 4.79 Å². The quantitative estimate of drug-likeness (QED) is 0.663. The van der Waals surface area contributed by atoms with Crippen molar-refractivity contribution in [2.24, 2.45) is 5.73 Å². The van der Waals surface area contributed by atoms with Gasteiger partial charge in [-0.15, -0.1) is 12.4 Å². The van der Waals surface area contributed by atoms with Gasteiger partial charge in [0.05, 0.1) is 7.11 Å². The van der Waals surface area contributed by atoms with Crippen molar-refractivity contribution >= 4 is 34.3 Å². The molecule has 2 N–H and O–H groups in total. The van der Waals surface area contributed by atoms with Crippen molar-refractivity contribution in [3.8, 4) is 5.75 Å². The number of nitrogens with two attached hydrogens (primary N) is 1. The highest BCUT2D eigenvalue weighted by atomic mass is 79.9. The summed E-state index contributed by atoms with van der Waals surface area (Å²) in [6.45, 7) is 0. The molecule has 0 amide bonds. The van der Waals surface area contributed by atoms with E-state index in [1.807, 2.05) is 24.3 Å². The highest BCUT2D eigenvalue weighted by Gasteiger charge is 2.14. The van der Waals surface area contributed by atoms with Crippen LogP contribution in [0.2, 0.25) is 0 Å². The monoisotopic (exact) mass is 323 g/mol. The Kier molecular flexibility index (Phi) is 7.95. The molecule has 1 aromatic carbocycles. The molecule has 1 unspecified atom stereocenters. The Balaban J connectivity index is 0.00000256. The molecule has 0 bridgehead atoms. The fourth-order valence-electron chi connectivity index (χ4n) is 1.31. The van der Waals surface area contributed by atoms with Crippen LogP contribution in [0, 0.1) is 0 Å². The van der Waals surface area contributed by atoms with Gasteiger partial charge < -0.3 is 15.2 Å². The maximum Gasteiger partial charge on any atom is 0.322 e. The van der Waals surface area contributed by atoms with Crippen LogP contribution in [0.5, 0.6) is 5.75 Å². The molecule has 0 aliphatic rings. The average molecular weight is 325 g/mol. The number of hydrogen-bond donors (Lipinski definition) is 1. The van der Waals surface area contributed by atoms with E-state index in [2.05, 4.69) is 20.7 Å². The topological polar surface area (TPSA) is 61.5 Å². The maximum atomic E-state index is 11.1. The predicted octanol–water partition coefficient (Wildman–Crippen LogP) is 1.88. The zero-order chi connectivity index (χ0) is 12.0. The van der Waals surface area contributed by atoms with Crippen LogP contribution in [0.15, 0.2) is 24.3 Å². The van der Waals surface area contributed by atoms with E-state index in [0.29, 0.717) is 11.9 Å². The molecule has 6 heteroatoms. The fraction of sp³-hybridized carbons (Fsp3) is 0.364. The molecular weight excluding hydrogens is 309 g/mol. The Morgan fingerprint density at radius 2 is 2.24 bits per heavy atom. The Labute approximate surface area is 115 Å². The molecule has 4 nitrogen and oxygen atoms in total. The van der Waals surface area contributed by atoms with Gasteiger partial charge in [0.25, 0.3) is 0 Å². The first kappa shape index (κ1) is 16.2. The Morgan fingerprint density at radius 3 is 2.82 bits per heavy atom. The minimum atomic E-state index is -0.635. The summed E-state index contributed by atoms with van der Waals surface area (Å²) in [7, 11) is 1.33. The van der Waals surface area contributed by atoms with Gasteiger partial charge in [-0.05, 0) is 40.0 Å². The molecule has 0 radical (unpaired) electrons. The van der Waals surface area contributed by atoms with Gasteiger partial charge in [0, 0.05) is 0 Å². The molecule has 0 aliphatic heterocycles. The molecule has 0 fully saturated rings. The highest BCUT2D eigenvalue weighted by Crippen LogP contribution is 2.15. The van der Waals surface area contributed by atoms with Gasteiger partial charge >= 0.3 is 5.97 Å². The lowest BCUT2D eigenvalue weighted by Gasteiger charge is -2.10. The van der Waals surface area contributed by atoms with Crippen molar-refractivity contribution in [1.29, 1.82) is 0 Å². The maximum absolute atomic E-state index is 11.1. The lowest BCUT2D eigenvalue weighted by Crippen LogP contribution is -2.33. The van der Waals surface area contributed by atoms with Crippen LogP contribution in [-0.2, 0) is 16.0 Å². The summed E-state index contributed by atoms with van der Waals surface area (Å²) in [6, 6.07) is 6.81. The van der Waals surface area contributed by atoms with Gasteiger partial charge in [-0.3, -0.25) is 4.79 Å². The molecule has 17 heavy (non-hydrogen) atoms. The standard InChI is InChI=1S/C11H14BrNO3.ClH/c1-15-11(14)10(13)6-8-3-2-4-9(5-8)16-7-12;/h2-5,10H,6-7,13H2,1H3;1H. The normalized spacial score (nSPS) is 11.2. The third-order valence-corrected chi connectivity index (χ3v) is 2.31. The van der Waals surface area contributed by atoms with Crippen LogP contribution >= 0.6 is 28.3 Å². The highest BCUT2D eigenvalue weighted by molar-refractivity contribution is 9.09. The molecule has 0 aromatic heterocycles. The van der Waals surface area contributed by atoms with Crippen molar-refractivity contribution in [3.05, 3.63) is 29.8 Å². The zero-order valence-electron chi connectivity index (χ0n) is 9.39. The van der Waals surface area contributed by atoms with E-state index in [1.165, 1.54) is 7.11 Å². The number of carbonyl (C=O) groups is 1. The van der Waals surface area contributed by atoms with Crippen LogP contribution in [0.1, 0.15) is 5.56 Å². The lowest BCUT2D eigenvalue weighted by molar-refractivity contribution is -0.142. The number of benzene rings is 1. The number of alkyl halides is 1. The van der Waals surface area contributed by atoms with Gasteiger partial charge in [-0.25, -0.2) is 0 Å². The molecule has 0 spiro atoms. The summed E-state index contributed by atoms with van der Waals surface area (Å²) >= 11 is 3.17. The van der Waals surface area contributed by atoms with Gasteiger partial charge in [0.2, 0.25) is 0 Å². The minimum absolute atomic E-state index is 0. The Hall–Kier alpha value is -0.780. The van der Waals surface area contributed by atoms with E-state index < -0.39 is 12.0 Å². The first-order valence-electron chi connectivity index (χ1n) is 4.78. The SMILES string of the molecule is COC(=O)C(N)Cc1cccc(OCBr)c1.Cl. The molecular formula is C11H15BrClNO3.